The summed E-state index contributed by atoms with van der Waals surface area (Å²) in [5.41, 5.74) is 1.07. The Morgan fingerprint density at radius 3 is 2.66 bits per heavy atom. The van der Waals surface area contributed by atoms with Gasteiger partial charge in [-0.05, 0) is 43.5 Å². The van der Waals surface area contributed by atoms with Crippen molar-refractivity contribution in [2.24, 2.45) is 7.05 Å². The lowest BCUT2D eigenvalue weighted by Crippen LogP contribution is -2.29. The van der Waals surface area contributed by atoms with Gasteiger partial charge in [0.2, 0.25) is 5.91 Å². The van der Waals surface area contributed by atoms with E-state index in [9.17, 15) is 9.59 Å². The van der Waals surface area contributed by atoms with E-state index in [1.54, 1.807) is 7.05 Å². The fourth-order valence-corrected chi connectivity index (χ4v) is 5.19. The highest BCUT2D eigenvalue weighted by Gasteiger charge is 2.19. The van der Waals surface area contributed by atoms with E-state index in [2.05, 4.69) is 36.1 Å². The molecule has 1 fully saturated rings. The van der Waals surface area contributed by atoms with E-state index < -0.39 is 0 Å². The Bertz CT molecular complexity index is 1090. The predicted molar refractivity (Wildman–Crippen MR) is 122 cm³/mol. The summed E-state index contributed by atoms with van der Waals surface area (Å²) in [4.78, 5) is 36.4. The Balaban J connectivity index is 1.49. The molecule has 0 aliphatic carbocycles. The molecular formula is C19H20BrN5O2S2. The van der Waals surface area contributed by atoms with Gasteiger partial charge in [-0.25, -0.2) is 4.98 Å². The van der Waals surface area contributed by atoms with E-state index in [0.29, 0.717) is 15.5 Å². The number of carbonyl (C=O) groups is 1. The van der Waals surface area contributed by atoms with E-state index in [1.807, 2.05) is 24.3 Å². The number of rotatable bonds is 5. The van der Waals surface area contributed by atoms with Gasteiger partial charge in [-0.2, -0.15) is 4.98 Å². The Labute approximate surface area is 184 Å². The molecule has 1 aliphatic rings. The second kappa shape index (κ2) is 8.85. The number of amides is 1. The molecule has 1 N–H and O–H groups in total. The Kier molecular flexibility index (Phi) is 6.21. The van der Waals surface area contributed by atoms with Crippen molar-refractivity contribution < 1.29 is 4.79 Å². The number of aromatic nitrogens is 3. The van der Waals surface area contributed by atoms with Crippen molar-refractivity contribution in [3.63, 3.8) is 0 Å². The predicted octanol–water partition coefficient (Wildman–Crippen LogP) is 3.87. The van der Waals surface area contributed by atoms with Gasteiger partial charge in [0.05, 0.1) is 5.75 Å². The summed E-state index contributed by atoms with van der Waals surface area (Å²) in [5.74, 6) is 0.00396. The molecule has 29 heavy (non-hydrogen) atoms. The van der Waals surface area contributed by atoms with Crippen LogP contribution in [0.25, 0.3) is 10.3 Å². The number of nitrogens with zero attached hydrogens (tertiary/aromatic N) is 4. The monoisotopic (exact) mass is 493 g/mol. The third-order valence-corrected chi connectivity index (χ3v) is 7.32. The van der Waals surface area contributed by atoms with Crippen LogP contribution in [0.1, 0.15) is 19.3 Å². The molecule has 1 amide bonds. The van der Waals surface area contributed by atoms with Crippen LogP contribution in [-0.2, 0) is 11.8 Å². The maximum atomic E-state index is 12.8. The van der Waals surface area contributed by atoms with Crippen molar-refractivity contribution in [1.82, 2.24) is 14.5 Å². The summed E-state index contributed by atoms with van der Waals surface area (Å²) in [6, 6.07) is 7.38. The molecule has 0 radical (unpaired) electrons. The van der Waals surface area contributed by atoms with Crippen LogP contribution in [0.5, 0.6) is 0 Å². The lowest BCUT2D eigenvalue weighted by Gasteiger charge is -2.25. The zero-order valence-electron chi connectivity index (χ0n) is 15.9. The molecule has 1 saturated heterocycles. The number of anilines is 2. The number of fused-ring (bicyclic) bond motifs is 1. The van der Waals surface area contributed by atoms with Crippen molar-refractivity contribution in [2.45, 2.75) is 24.4 Å². The van der Waals surface area contributed by atoms with Crippen molar-refractivity contribution in [2.75, 3.05) is 29.1 Å². The van der Waals surface area contributed by atoms with Crippen LogP contribution in [0.4, 0.5) is 10.8 Å². The van der Waals surface area contributed by atoms with Crippen LogP contribution in [0.15, 0.2) is 38.7 Å². The Morgan fingerprint density at radius 1 is 1.21 bits per heavy atom. The van der Waals surface area contributed by atoms with E-state index in [1.165, 1.54) is 34.1 Å². The normalized spacial score (nSPS) is 14.3. The van der Waals surface area contributed by atoms with Gasteiger partial charge in [0, 0.05) is 30.3 Å². The minimum Gasteiger partial charge on any atom is -0.348 e. The van der Waals surface area contributed by atoms with Crippen LogP contribution < -0.4 is 15.8 Å². The third kappa shape index (κ3) is 4.65. The second-order valence-electron chi connectivity index (χ2n) is 6.80. The first-order valence-corrected chi connectivity index (χ1v) is 11.9. The molecule has 3 heterocycles. The molecular weight excluding hydrogens is 474 g/mol. The first-order valence-electron chi connectivity index (χ1n) is 9.32. The Hall–Kier alpha value is -1.91. The molecule has 4 rings (SSSR count). The molecule has 152 valence electrons. The summed E-state index contributed by atoms with van der Waals surface area (Å²) < 4.78 is 3.01. The van der Waals surface area contributed by atoms with E-state index in [4.69, 9.17) is 0 Å². The quantitative estimate of drug-likeness (QED) is 0.429. The molecule has 0 atom stereocenters. The van der Waals surface area contributed by atoms with Crippen LogP contribution >= 0.6 is 39.0 Å². The van der Waals surface area contributed by atoms with Gasteiger partial charge in [0.1, 0.15) is 4.70 Å². The summed E-state index contributed by atoms with van der Waals surface area (Å²) >= 11 is 6.01. The zero-order chi connectivity index (χ0) is 20.4. The average molecular weight is 494 g/mol. The fraction of sp³-hybridized carbons (Fsp3) is 0.368. The maximum absolute atomic E-state index is 12.8. The molecule has 0 bridgehead atoms. The highest BCUT2D eigenvalue weighted by Crippen LogP contribution is 2.29. The molecule has 2 aromatic heterocycles. The third-order valence-electron chi connectivity index (χ3n) is 4.67. The molecule has 1 aliphatic heterocycles. The second-order valence-corrected chi connectivity index (χ2v) is 9.63. The molecule has 0 saturated carbocycles. The first kappa shape index (κ1) is 20.4. The lowest BCUT2D eigenvalue weighted by molar-refractivity contribution is -0.113. The van der Waals surface area contributed by atoms with E-state index >= 15 is 0 Å². The topological polar surface area (TPSA) is 80.1 Å². The fourth-order valence-electron chi connectivity index (χ4n) is 3.13. The van der Waals surface area contributed by atoms with Crippen LogP contribution in [-0.4, -0.2) is 39.3 Å². The highest BCUT2D eigenvalue weighted by molar-refractivity contribution is 9.10. The first-order chi connectivity index (χ1) is 14.0. The number of halogens is 1. The van der Waals surface area contributed by atoms with Gasteiger partial charge in [0.15, 0.2) is 15.9 Å². The number of carbonyl (C=O) groups excluding carboxylic acids is 1. The number of benzene rings is 1. The van der Waals surface area contributed by atoms with E-state index in [-0.39, 0.29) is 17.2 Å². The van der Waals surface area contributed by atoms with Gasteiger partial charge in [0.25, 0.3) is 5.56 Å². The summed E-state index contributed by atoms with van der Waals surface area (Å²) in [7, 11) is 1.68. The molecule has 1 aromatic carbocycles. The number of nitrogens with one attached hydrogen (secondary N) is 1. The Morgan fingerprint density at radius 2 is 1.93 bits per heavy atom. The van der Waals surface area contributed by atoms with Gasteiger partial charge in [-0.15, -0.1) is 0 Å². The van der Waals surface area contributed by atoms with Gasteiger partial charge in [-0.1, -0.05) is 39.0 Å². The smallest absolute Gasteiger partial charge is 0.273 e. The largest absolute Gasteiger partial charge is 0.348 e. The highest BCUT2D eigenvalue weighted by atomic mass is 79.9. The van der Waals surface area contributed by atoms with Crippen molar-refractivity contribution in [3.05, 3.63) is 39.1 Å². The van der Waals surface area contributed by atoms with Crippen LogP contribution in [0, 0.1) is 0 Å². The summed E-state index contributed by atoms with van der Waals surface area (Å²) in [5, 5.41) is 4.19. The minimum atomic E-state index is -0.154. The minimum absolute atomic E-state index is 0.119. The SMILES string of the molecule is Cn1c(SCC(=O)Nc2ccc(Br)cc2)nc2nc(N3CCCCC3)sc2c1=O. The van der Waals surface area contributed by atoms with Gasteiger partial charge >= 0.3 is 0 Å². The van der Waals surface area contributed by atoms with Crippen LogP contribution in [0.2, 0.25) is 0 Å². The molecule has 3 aromatic rings. The van der Waals surface area contributed by atoms with Crippen molar-refractivity contribution >= 4 is 66.1 Å². The lowest BCUT2D eigenvalue weighted by atomic mass is 10.1. The number of hydrogen-bond donors (Lipinski definition) is 1. The summed E-state index contributed by atoms with van der Waals surface area (Å²) in [6.45, 7) is 1.94. The van der Waals surface area contributed by atoms with E-state index in [0.717, 1.165) is 41.2 Å². The van der Waals surface area contributed by atoms with Crippen molar-refractivity contribution in [1.29, 1.82) is 0 Å². The average Bonchev–Trinajstić information content (AvgIpc) is 3.16. The standard InChI is InChI=1S/C19H20BrN5O2S2/c1-24-17(27)15-16(23-19(29-15)25-9-3-2-4-10-25)22-18(24)28-11-14(26)21-13-7-5-12(20)6-8-13/h5-8H,2-4,9-11H2,1H3,(H,21,26). The van der Waals surface area contributed by atoms with Crippen LogP contribution in [0.3, 0.4) is 0 Å². The molecule has 0 unspecified atom stereocenters. The number of piperidine rings is 1. The number of thiazole rings is 1. The van der Waals surface area contributed by atoms with Gasteiger partial charge in [-0.3, -0.25) is 14.2 Å². The molecule has 0 spiro atoms. The molecule has 7 nitrogen and oxygen atoms in total. The number of hydrogen-bond acceptors (Lipinski definition) is 7. The maximum Gasteiger partial charge on any atom is 0.273 e. The zero-order valence-corrected chi connectivity index (χ0v) is 19.1. The van der Waals surface area contributed by atoms with Crippen molar-refractivity contribution in [3.8, 4) is 0 Å². The summed E-state index contributed by atoms with van der Waals surface area (Å²) in [6.07, 6.45) is 3.54. The van der Waals surface area contributed by atoms with Gasteiger partial charge < -0.3 is 10.2 Å². The number of thioether (sulfide) groups is 1. The molecule has 10 heteroatoms.